The Hall–Kier alpha value is -3.05. The van der Waals surface area contributed by atoms with Crippen LogP contribution in [0.25, 0.3) is 33.1 Å². The molecule has 4 aromatic rings. The van der Waals surface area contributed by atoms with Gasteiger partial charge in [-0.15, -0.1) is 11.3 Å². The molecule has 0 aliphatic rings. The van der Waals surface area contributed by atoms with Crippen molar-refractivity contribution < 1.29 is 4.92 Å². The first kappa shape index (κ1) is 14.5. The maximum Gasteiger partial charge on any atom is 0.270 e. The molecule has 0 radical (unpaired) electrons. The average molecular weight is 332 g/mol. The van der Waals surface area contributed by atoms with Gasteiger partial charge in [-0.05, 0) is 23.1 Å². The van der Waals surface area contributed by atoms with Gasteiger partial charge in [0.2, 0.25) is 0 Å². The minimum Gasteiger partial charge on any atom is -0.258 e. The number of nitrogens with zero attached hydrogens (tertiary/aromatic N) is 2. The molecule has 1 aromatic heterocycles. The summed E-state index contributed by atoms with van der Waals surface area (Å²) in [6.45, 7) is 0. The van der Waals surface area contributed by atoms with E-state index < -0.39 is 0 Å². The van der Waals surface area contributed by atoms with Crippen molar-refractivity contribution in [2.75, 3.05) is 0 Å². The van der Waals surface area contributed by atoms with Crippen LogP contribution in [0.2, 0.25) is 0 Å². The van der Waals surface area contributed by atoms with Gasteiger partial charge >= 0.3 is 0 Å². The molecule has 24 heavy (non-hydrogen) atoms. The van der Waals surface area contributed by atoms with Crippen LogP contribution in [-0.2, 0) is 0 Å². The molecule has 4 nitrogen and oxygen atoms in total. The lowest BCUT2D eigenvalue weighted by Gasteiger charge is -1.96. The highest BCUT2D eigenvalue weighted by atomic mass is 32.1. The Bertz CT molecular complexity index is 1100. The largest absolute Gasteiger partial charge is 0.270 e. The van der Waals surface area contributed by atoms with Gasteiger partial charge in [0.15, 0.2) is 0 Å². The summed E-state index contributed by atoms with van der Waals surface area (Å²) in [7, 11) is 0. The average Bonchev–Trinajstić information content (AvgIpc) is 3.04. The zero-order valence-corrected chi connectivity index (χ0v) is 13.4. The number of hydrogen-bond acceptors (Lipinski definition) is 4. The molecule has 0 saturated heterocycles. The van der Waals surface area contributed by atoms with E-state index >= 15 is 0 Å². The first-order chi connectivity index (χ1) is 11.7. The molecule has 4 rings (SSSR count). The first-order valence-electron chi connectivity index (χ1n) is 7.41. The van der Waals surface area contributed by atoms with Gasteiger partial charge in [-0.1, -0.05) is 48.5 Å². The molecule has 0 N–H and O–H groups in total. The van der Waals surface area contributed by atoms with Gasteiger partial charge < -0.3 is 0 Å². The SMILES string of the molecule is O=[N+]([O-])c1cccc(/C=C/c2nc3c(ccc4ccccc43)s2)c1. The van der Waals surface area contributed by atoms with E-state index in [1.165, 1.54) is 11.5 Å². The Labute approximate surface area is 141 Å². The molecule has 0 bridgehead atoms. The second kappa shape index (κ2) is 5.86. The lowest BCUT2D eigenvalue weighted by Crippen LogP contribution is -1.87. The standard InChI is InChI=1S/C19H12N2O2S/c22-21(23)15-6-3-4-13(12-15)8-11-18-20-19-16-7-2-1-5-14(16)9-10-17(19)24-18/h1-12H/b11-8+. The number of benzene rings is 3. The Morgan fingerprint density at radius 3 is 2.75 bits per heavy atom. The molecule has 0 fully saturated rings. The van der Waals surface area contributed by atoms with E-state index in [9.17, 15) is 10.1 Å². The molecule has 0 saturated carbocycles. The molecule has 0 amide bonds. The molecule has 0 aliphatic carbocycles. The Morgan fingerprint density at radius 2 is 1.88 bits per heavy atom. The number of rotatable bonds is 3. The summed E-state index contributed by atoms with van der Waals surface area (Å²) in [6, 6.07) is 18.9. The summed E-state index contributed by atoms with van der Waals surface area (Å²) in [5, 5.41) is 14.0. The fraction of sp³-hybridized carbons (Fsp3) is 0. The summed E-state index contributed by atoms with van der Waals surface area (Å²) in [5.74, 6) is 0. The van der Waals surface area contributed by atoms with E-state index in [1.807, 2.05) is 30.4 Å². The highest BCUT2D eigenvalue weighted by Gasteiger charge is 2.06. The predicted molar refractivity (Wildman–Crippen MR) is 99.2 cm³/mol. The predicted octanol–water partition coefficient (Wildman–Crippen LogP) is 5.53. The summed E-state index contributed by atoms with van der Waals surface area (Å²) >= 11 is 1.61. The van der Waals surface area contributed by atoms with Crippen LogP contribution in [-0.4, -0.2) is 9.91 Å². The number of thiazole rings is 1. The van der Waals surface area contributed by atoms with Gasteiger partial charge in [-0.2, -0.15) is 0 Å². The van der Waals surface area contributed by atoms with Gasteiger partial charge in [-0.25, -0.2) is 4.98 Å². The van der Waals surface area contributed by atoms with Crippen molar-refractivity contribution in [2.45, 2.75) is 0 Å². The van der Waals surface area contributed by atoms with Crippen molar-refractivity contribution >= 4 is 50.2 Å². The van der Waals surface area contributed by atoms with Crippen LogP contribution in [0.15, 0.2) is 60.7 Å². The van der Waals surface area contributed by atoms with E-state index in [-0.39, 0.29) is 10.6 Å². The lowest BCUT2D eigenvalue weighted by atomic mass is 10.1. The number of aromatic nitrogens is 1. The number of non-ortho nitro benzene ring substituents is 1. The zero-order valence-electron chi connectivity index (χ0n) is 12.5. The van der Waals surface area contributed by atoms with Gasteiger partial charge in [0.1, 0.15) is 5.01 Å². The van der Waals surface area contributed by atoms with E-state index in [4.69, 9.17) is 4.98 Å². The maximum atomic E-state index is 10.8. The highest BCUT2D eigenvalue weighted by Crippen LogP contribution is 2.30. The number of hydrogen-bond donors (Lipinski definition) is 0. The highest BCUT2D eigenvalue weighted by molar-refractivity contribution is 7.19. The van der Waals surface area contributed by atoms with E-state index in [0.717, 1.165) is 26.2 Å². The van der Waals surface area contributed by atoms with Crippen LogP contribution < -0.4 is 0 Å². The third kappa shape index (κ3) is 2.66. The van der Waals surface area contributed by atoms with Crippen LogP contribution in [0.4, 0.5) is 5.69 Å². The van der Waals surface area contributed by atoms with E-state index in [0.29, 0.717) is 0 Å². The Morgan fingerprint density at radius 1 is 1.00 bits per heavy atom. The summed E-state index contributed by atoms with van der Waals surface area (Å²) in [5.41, 5.74) is 1.87. The number of nitro groups is 1. The summed E-state index contributed by atoms with van der Waals surface area (Å²) in [6.07, 6.45) is 3.76. The van der Waals surface area contributed by atoms with Crippen molar-refractivity contribution in [3.05, 3.63) is 81.3 Å². The zero-order chi connectivity index (χ0) is 16.5. The molecule has 5 heteroatoms. The molecule has 0 atom stereocenters. The fourth-order valence-electron chi connectivity index (χ4n) is 2.66. The van der Waals surface area contributed by atoms with Crippen molar-refractivity contribution in [1.29, 1.82) is 0 Å². The Balaban J connectivity index is 1.73. The third-order valence-electron chi connectivity index (χ3n) is 3.80. The first-order valence-corrected chi connectivity index (χ1v) is 8.23. The van der Waals surface area contributed by atoms with Gasteiger partial charge in [0, 0.05) is 17.5 Å². The molecule has 0 unspecified atom stereocenters. The number of fused-ring (bicyclic) bond motifs is 3. The molecule has 0 aliphatic heterocycles. The van der Waals surface area contributed by atoms with E-state index in [1.54, 1.807) is 23.5 Å². The fourth-order valence-corrected chi connectivity index (χ4v) is 3.55. The van der Waals surface area contributed by atoms with Gasteiger partial charge in [0.05, 0.1) is 15.1 Å². The second-order valence-electron chi connectivity index (χ2n) is 5.37. The van der Waals surface area contributed by atoms with Crippen molar-refractivity contribution in [3.63, 3.8) is 0 Å². The molecule has 116 valence electrons. The molecular weight excluding hydrogens is 320 g/mol. The monoisotopic (exact) mass is 332 g/mol. The minimum atomic E-state index is -0.388. The van der Waals surface area contributed by atoms with Crippen LogP contribution in [0, 0.1) is 10.1 Å². The maximum absolute atomic E-state index is 10.8. The lowest BCUT2D eigenvalue weighted by molar-refractivity contribution is -0.384. The molecule has 0 spiro atoms. The minimum absolute atomic E-state index is 0.0902. The quantitative estimate of drug-likeness (QED) is 0.366. The van der Waals surface area contributed by atoms with Crippen LogP contribution in [0.1, 0.15) is 10.6 Å². The molecule has 3 aromatic carbocycles. The molecule has 1 heterocycles. The van der Waals surface area contributed by atoms with Crippen LogP contribution in [0.5, 0.6) is 0 Å². The van der Waals surface area contributed by atoms with Crippen LogP contribution >= 0.6 is 11.3 Å². The van der Waals surface area contributed by atoms with Crippen molar-refractivity contribution in [3.8, 4) is 0 Å². The van der Waals surface area contributed by atoms with E-state index in [2.05, 4.69) is 24.3 Å². The normalized spacial score (nSPS) is 11.5. The summed E-state index contributed by atoms with van der Waals surface area (Å²) < 4.78 is 1.13. The van der Waals surface area contributed by atoms with Crippen molar-refractivity contribution in [2.24, 2.45) is 0 Å². The topological polar surface area (TPSA) is 56.0 Å². The number of nitro benzene ring substituents is 1. The van der Waals surface area contributed by atoms with Crippen molar-refractivity contribution in [1.82, 2.24) is 4.98 Å². The molecular formula is C19H12N2O2S. The summed E-state index contributed by atoms with van der Waals surface area (Å²) in [4.78, 5) is 15.2. The van der Waals surface area contributed by atoms with Gasteiger partial charge in [-0.3, -0.25) is 10.1 Å². The van der Waals surface area contributed by atoms with Gasteiger partial charge in [0.25, 0.3) is 5.69 Å². The smallest absolute Gasteiger partial charge is 0.258 e. The Kier molecular flexibility index (Phi) is 3.55. The second-order valence-corrected chi connectivity index (χ2v) is 6.43. The van der Waals surface area contributed by atoms with Crippen LogP contribution in [0.3, 0.4) is 0 Å². The third-order valence-corrected chi connectivity index (χ3v) is 4.79.